The summed E-state index contributed by atoms with van der Waals surface area (Å²) < 4.78 is 1.33. The number of primary amides is 1. The number of nitrogens with zero attached hydrogens (tertiary/aromatic N) is 4. The van der Waals surface area contributed by atoms with E-state index < -0.39 is 5.91 Å². The lowest BCUT2D eigenvalue weighted by Gasteiger charge is -2.06. The summed E-state index contributed by atoms with van der Waals surface area (Å²) in [5.74, 6) is 5.82. The van der Waals surface area contributed by atoms with Crippen LogP contribution in [0.2, 0.25) is 0 Å². The number of carbonyl (C=O) groups is 2. The van der Waals surface area contributed by atoms with Crippen LogP contribution in [0.4, 0.5) is 5.69 Å². The van der Waals surface area contributed by atoms with E-state index in [0.717, 1.165) is 17.3 Å². The Labute approximate surface area is 152 Å². The van der Waals surface area contributed by atoms with Crippen molar-refractivity contribution < 1.29 is 9.59 Å². The number of amides is 2. The maximum absolute atomic E-state index is 12.1. The van der Waals surface area contributed by atoms with Gasteiger partial charge in [-0.15, -0.1) is 10.2 Å². The Hall–Kier alpha value is -3.40. The third-order valence-corrected chi connectivity index (χ3v) is 4.33. The molecular formula is C16H15N7O2S. The van der Waals surface area contributed by atoms with Crippen molar-refractivity contribution in [1.29, 1.82) is 0 Å². The number of nitrogens with one attached hydrogen (secondary N) is 1. The first-order valence-electron chi connectivity index (χ1n) is 7.48. The second-order valence-electron chi connectivity index (χ2n) is 5.19. The highest BCUT2D eigenvalue weighted by atomic mass is 32.2. The average molecular weight is 369 g/mol. The SMILES string of the molecule is NC(=O)c1ccc(NC(=O)CSc2nnc(-c3ccncc3)n2N)cc1. The van der Waals surface area contributed by atoms with Gasteiger partial charge in [0.05, 0.1) is 5.75 Å². The zero-order chi connectivity index (χ0) is 18.5. The van der Waals surface area contributed by atoms with Crippen LogP contribution in [0.1, 0.15) is 10.4 Å². The van der Waals surface area contributed by atoms with Gasteiger partial charge in [0.25, 0.3) is 0 Å². The van der Waals surface area contributed by atoms with Gasteiger partial charge in [0.2, 0.25) is 17.0 Å². The van der Waals surface area contributed by atoms with Crippen molar-refractivity contribution in [1.82, 2.24) is 19.9 Å². The Morgan fingerprint density at radius 3 is 2.42 bits per heavy atom. The number of carbonyl (C=O) groups excluding carboxylic acids is 2. The molecule has 0 saturated heterocycles. The lowest BCUT2D eigenvalue weighted by molar-refractivity contribution is -0.113. The molecule has 10 heteroatoms. The molecule has 0 unspecified atom stereocenters. The van der Waals surface area contributed by atoms with Gasteiger partial charge in [0.15, 0.2) is 5.82 Å². The second kappa shape index (κ2) is 7.66. The molecular weight excluding hydrogens is 354 g/mol. The van der Waals surface area contributed by atoms with E-state index in [9.17, 15) is 9.59 Å². The largest absolute Gasteiger partial charge is 0.366 e. The monoisotopic (exact) mass is 369 g/mol. The van der Waals surface area contributed by atoms with Crippen molar-refractivity contribution in [2.45, 2.75) is 5.16 Å². The van der Waals surface area contributed by atoms with E-state index in [0.29, 0.717) is 22.2 Å². The normalized spacial score (nSPS) is 10.5. The third kappa shape index (κ3) is 3.98. The van der Waals surface area contributed by atoms with E-state index in [4.69, 9.17) is 11.6 Å². The molecule has 26 heavy (non-hydrogen) atoms. The summed E-state index contributed by atoms with van der Waals surface area (Å²) in [7, 11) is 0. The maximum atomic E-state index is 12.1. The summed E-state index contributed by atoms with van der Waals surface area (Å²) in [5, 5.41) is 11.2. The van der Waals surface area contributed by atoms with Gasteiger partial charge in [-0.2, -0.15) is 0 Å². The molecule has 3 rings (SSSR count). The lowest BCUT2D eigenvalue weighted by atomic mass is 10.2. The first kappa shape index (κ1) is 17.4. The summed E-state index contributed by atoms with van der Waals surface area (Å²) in [4.78, 5) is 27.0. The molecule has 0 atom stereocenters. The topological polar surface area (TPSA) is 142 Å². The van der Waals surface area contributed by atoms with Crippen LogP contribution in [-0.4, -0.2) is 37.4 Å². The summed E-state index contributed by atoms with van der Waals surface area (Å²) >= 11 is 1.16. The molecule has 3 aromatic rings. The Balaban J connectivity index is 1.60. The molecule has 2 heterocycles. The number of hydrogen-bond acceptors (Lipinski definition) is 7. The number of aromatic nitrogens is 4. The van der Waals surface area contributed by atoms with E-state index in [1.807, 2.05) is 0 Å². The number of anilines is 1. The molecule has 0 aliphatic rings. The van der Waals surface area contributed by atoms with Crippen LogP contribution < -0.4 is 16.9 Å². The summed E-state index contributed by atoms with van der Waals surface area (Å²) in [5.41, 5.74) is 6.89. The van der Waals surface area contributed by atoms with Crippen LogP contribution in [0, 0.1) is 0 Å². The van der Waals surface area contributed by atoms with Crippen molar-refractivity contribution in [3.63, 3.8) is 0 Å². The minimum Gasteiger partial charge on any atom is -0.366 e. The fourth-order valence-electron chi connectivity index (χ4n) is 2.12. The minimum atomic E-state index is -0.522. The van der Waals surface area contributed by atoms with Gasteiger partial charge in [0, 0.05) is 29.2 Å². The average Bonchev–Trinajstić information content (AvgIpc) is 3.02. The number of nitrogen functional groups attached to an aromatic ring is 1. The molecule has 9 nitrogen and oxygen atoms in total. The number of benzene rings is 1. The maximum Gasteiger partial charge on any atom is 0.248 e. The van der Waals surface area contributed by atoms with Gasteiger partial charge in [-0.25, -0.2) is 4.68 Å². The van der Waals surface area contributed by atoms with E-state index in [-0.39, 0.29) is 11.7 Å². The molecule has 0 aliphatic carbocycles. The third-order valence-electron chi connectivity index (χ3n) is 3.39. The van der Waals surface area contributed by atoms with Gasteiger partial charge >= 0.3 is 0 Å². The highest BCUT2D eigenvalue weighted by molar-refractivity contribution is 7.99. The Kier molecular flexibility index (Phi) is 5.13. The van der Waals surface area contributed by atoms with Gasteiger partial charge in [0.1, 0.15) is 0 Å². The Morgan fingerprint density at radius 1 is 1.08 bits per heavy atom. The minimum absolute atomic E-state index is 0.100. The first-order chi connectivity index (χ1) is 12.5. The zero-order valence-corrected chi connectivity index (χ0v) is 14.3. The van der Waals surface area contributed by atoms with E-state index in [2.05, 4.69) is 20.5 Å². The number of thioether (sulfide) groups is 1. The van der Waals surface area contributed by atoms with Crippen LogP contribution >= 0.6 is 11.8 Å². The molecule has 2 aromatic heterocycles. The molecule has 0 radical (unpaired) electrons. The van der Waals surface area contributed by atoms with Crippen molar-refractivity contribution in [3.8, 4) is 11.4 Å². The lowest BCUT2D eigenvalue weighted by Crippen LogP contribution is -2.16. The Bertz CT molecular complexity index is 926. The van der Waals surface area contributed by atoms with Gasteiger partial charge < -0.3 is 16.9 Å². The molecule has 1 aromatic carbocycles. The summed E-state index contributed by atoms with van der Waals surface area (Å²) in [6.07, 6.45) is 3.27. The number of rotatable bonds is 6. The van der Waals surface area contributed by atoms with Crippen molar-refractivity contribution in [3.05, 3.63) is 54.4 Å². The van der Waals surface area contributed by atoms with Crippen LogP contribution in [-0.2, 0) is 4.79 Å². The molecule has 0 saturated carbocycles. The Morgan fingerprint density at radius 2 is 1.77 bits per heavy atom. The van der Waals surface area contributed by atoms with Crippen LogP contribution in [0.3, 0.4) is 0 Å². The molecule has 0 spiro atoms. The number of nitrogens with two attached hydrogens (primary N) is 2. The van der Waals surface area contributed by atoms with Crippen molar-refractivity contribution in [2.24, 2.45) is 5.73 Å². The smallest absolute Gasteiger partial charge is 0.248 e. The van der Waals surface area contributed by atoms with Crippen LogP contribution in [0.25, 0.3) is 11.4 Å². The molecule has 0 aliphatic heterocycles. The van der Waals surface area contributed by atoms with Crippen LogP contribution in [0.5, 0.6) is 0 Å². The van der Waals surface area contributed by atoms with E-state index >= 15 is 0 Å². The van der Waals surface area contributed by atoms with Gasteiger partial charge in [-0.1, -0.05) is 11.8 Å². The summed E-state index contributed by atoms with van der Waals surface area (Å²) in [6, 6.07) is 9.84. The van der Waals surface area contributed by atoms with Crippen LogP contribution in [0.15, 0.2) is 53.9 Å². The fourth-order valence-corrected chi connectivity index (χ4v) is 2.77. The van der Waals surface area contributed by atoms with E-state index in [1.54, 1.807) is 48.8 Å². The number of pyridine rings is 1. The second-order valence-corrected chi connectivity index (χ2v) is 6.13. The summed E-state index contributed by atoms with van der Waals surface area (Å²) in [6.45, 7) is 0. The quantitative estimate of drug-likeness (QED) is 0.432. The highest BCUT2D eigenvalue weighted by Gasteiger charge is 2.13. The molecule has 132 valence electrons. The van der Waals surface area contributed by atoms with Gasteiger partial charge in [-0.3, -0.25) is 14.6 Å². The number of hydrogen-bond donors (Lipinski definition) is 3. The highest BCUT2D eigenvalue weighted by Crippen LogP contribution is 2.21. The first-order valence-corrected chi connectivity index (χ1v) is 8.46. The van der Waals surface area contributed by atoms with Crippen molar-refractivity contribution in [2.75, 3.05) is 16.9 Å². The van der Waals surface area contributed by atoms with E-state index in [1.165, 1.54) is 4.68 Å². The standard InChI is InChI=1S/C16H15N7O2S/c17-14(25)10-1-3-12(4-2-10)20-13(24)9-26-16-22-21-15(23(16)18)11-5-7-19-8-6-11/h1-8H,9,18H2,(H2,17,25)(H,20,24). The predicted molar refractivity (Wildman–Crippen MR) is 97.7 cm³/mol. The molecule has 2 amide bonds. The predicted octanol–water partition coefficient (Wildman–Crippen LogP) is 0.884. The molecule has 5 N–H and O–H groups in total. The molecule has 0 fully saturated rings. The van der Waals surface area contributed by atoms with Gasteiger partial charge in [-0.05, 0) is 36.4 Å². The fraction of sp³-hybridized carbons (Fsp3) is 0.0625. The van der Waals surface area contributed by atoms with Crippen molar-refractivity contribution >= 4 is 29.3 Å². The molecule has 0 bridgehead atoms. The zero-order valence-electron chi connectivity index (χ0n) is 13.5.